The summed E-state index contributed by atoms with van der Waals surface area (Å²) in [6.07, 6.45) is 6.34. The van der Waals surface area contributed by atoms with Gasteiger partial charge in [0.2, 0.25) is 5.89 Å². The van der Waals surface area contributed by atoms with Gasteiger partial charge in [-0.25, -0.2) is 4.98 Å². The number of aromatic nitrogens is 1. The van der Waals surface area contributed by atoms with E-state index in [1.807, 2.05) is 30.3 Å². The Morgan fingerprint density at radius 2 is 1.91 bits per heavy atom. The third kappa shape index (κ3) is 3.57. The largest absolute Gasteiger partial charge is 0.439 e. The van der Waals surface area contributed by atoms with E-state index >= 15 is 0 Å². The van der Waals surface area contributed by atoms with Crippen LogP contribution < -0.4 is 0 Å². The monoisotopic (exact) mass is 300 g/mol. The molecule has 0 saturated heterocycles. The zero-order valence-electron chi connectivity index (χ0n) is 13.1. The van der Waals surface area contributed by atoms with Gasteiger partial charge in [-0.1, -0.05) is 30.3 Å². The second-order valence-electron chi connectivity index (χ2n) is 6.26. The van der Waals surface area contributed by atoms with Crippen LogP contribution in [0.3, 0.4) is 0 Å². The maximum atomic E-state index is 9.22. The van der Waals surface area contributed by atoms with Gasteiger partial charge in [-0.3, -0.25) is 4.90 Å². The van der Waals surface area contributed by atoms with Gasteiger partial charge in [0, 0.05) is 18.2 Å². The van der Waals surface area contributed by atoms with E-state index in [1.165, 1.54) is 0 Å². The second kappa shape index (κ2) is 7.07. The fourth-order valence-electron chi connectivity index (χ4n) is 3.23. The Labute approximate surface area is 131 Å². The van der Waals surface area contributed by atoms with Crippen molar-refractivity contribution < 1.29 is 9.52 Å². The van der Waals surface area contributed by atoms with Crippen LogP contribution in [-0.2, 0) is 6.54 Å². The van der Waals surface area contributed by atoms with Gasteiger partial charge in [0.15, 0.2) is 5.76 Å². The molecule has 0 bridgehead atoms. The molecule has 1 aromatic heterocycles. The third-order valence-corrected chi connectivity index (χ3v) is 4.69. The Morgan fingerprint density at radius 1 is 1.18 bits per heavy atom. The summed E-state index contributed by atoms with van der Waals surface area (Å²) in [5.41, 5.74) is 1.06. The lowest BCUT2D eigenvalue weighted by Gasteiger charge is -2.33. The summed E-state index contributed by atoms with van der Waals surface area (Å²) in [5.74, 6) is 2.09. The molecule has 1 N–H and O–H groups in total. The van der Waals surface area contributed by atoms with Crippen molar-refractivity contribution in [2.75, 3.05) is 13.7 Å². The van der Waals surface area contributed by atoms with Crippen LogP contribution >= 0.6 is 0 Å². The molecule has 0 unspecified atom stereocenters. The maximum absolute atomic E-state index is 9.22. The van der Waals surface area contributed by atoms with Crippen molar-refractivity contribution in [1.82, 2.24) is 9.88 Å². The van der Waals surface area contributed by atoms with Crippen LogP contribution in [-0.4, -0.2) is 34.7 Å². The predicted octanol–water partition coefficient (Wildman–Crippen LogP) is 3.32. The van der Waals surface area contributed by atoms with Crippen molar-refractivity contribution in [2.24, 2.45) is 5.92 Å². The molecule has 1 aromatic carbocycles. The molecule has 4 heteroatoms. The summed E-state index contributed by atoms with van der Waals surface area (Å²) >= 11 is 0. The van der Waals surface area contributed by atoms with Crippen LogP contribution in [0.15, 0.2) is 40.9 Å². The van der Waals surface area contributed by atoms with Crippen molar-refractivity contribution in [3.63, 3.8) is 0 Å². The molecule has 0 aliphatic heterocycles. The predicted molar refractivity (Wildman–Crippen MR) is 86.2 cm³/mol. The molecule has 2 aromatic rings. The summed E-state index contributed by atoms with van der Waals surface area (Å²) in [5, 5.41) is 9.22. The van der Waals surface area contributed by atoms with Gasteiger partial charge >= 0.3 is 0 Å². The molecule has 1 heterocycles. The maximum Gasteiger partial charge on any atom is 0.209 e. The van der Waals surface area contributed by atoms with Gasteiger partial charge < -0.3 is 9.52 Å². The van der Waals surface area contributed by atoms with E-state index in [0.29, 0.717) is 18.6 Å². The molecule has 4 nitrogen and oxygen atoms in total. The van der Waals surface area contributed by atoms with Crippen molar-refractivity contribution in [2.45, 2.75) is 38.3 Å². The number of aliphatic hydroxyl groups is 1. The number of aliphatic hydroxyl groups excluding tert-OH is 1. The summed E-state index contributed by atoms with van der Waals surface area (Å²) in [6.45, 7) is 1.07. The lowest BCUT2D eigenvalue weighted by molar-refractivity contribution is 0.118. The molecule has 1 aliphatic carbocycles. The average molecular weight is 300 g/mol. The SMILES string of the molecule is CN(Cc1ncc(-c2ccccc2)o1)C1CCC(CO)CC1. The zero-order valence-corrected chi connectivity index (χ0v) is 13.1. The van der Waals surface area contributed by atoms with Crippen molar-refractivity contribution in [3.05, 3.63) is 42.4 Å². The topological polar surface area (TPSA) is 49.5 Å². The lowest BCUT2D eigenvalue weighted by Crippen LogP contribution is -2.35. The number of benzene rings is 1. The highest BCUT2D eigenvalue weighted by Gasteiger charge is 2.24. The van der Waals surface area contributed by atoms with Gasteiger partial charge in [0.1, 0.15) is 0 Å². The summed E-state index contributed by atoms with van der Waals surface area (Å²) < 4.78 is 5.88. The summed E-state index contributed by atoms with van der Waals surface area (Å²) in [6, 6.07) is 10.6. The Balaban J connectivity index is 1.58. The van der Waals surface area contributed by atoms with Crippen LogP contribution in [0.25, 0.3) is 11.3 Å². The highest BCUT2D eigenvalue weighted by atomic mass is 16.4. The Hall–Kier alpha value is -1.65. The van der Waals surface area contributed by atoms with Crippen molar-refractivity contribution in [3.8, 4) is 11.3 Å². The molecule has 1 saturated carbocycles. The quantitative estimate of drug-likeness (QED) is 0.920. The number of nitrogens with zero attached hydrogens (tertiary/aromatic N) is 2. The molecule has 0 spiro atoms. The highest BCUT2D eigenvalue weighted by molar-refractivity contribution is 5.55. The molecule has 0 amide bonds. The average Bonchev–Trinajstić information content (AvgIpc) is 3.04. The van der Waals surface area contributed by atoms with Crippen LogP contribution in [0.5, 0.6) is 0 Å². The Kier molecular flexibility index (Phi) is 4.90. The van der Waals surface area contributed by atoms with Crippen LogP contribution in [0, 0.1) is 5.92 Å². The standard InChI is InChI=1S/C18H24N2O2/c1-20(16-9-7-14(13-21)8-10-16)12-18-19-11-17(22-18)15-5-3-2-4-6-15/h2-6,11,14,16,21H,7-10,12-13H2,1H3. The van der Waals surface area contributed by atoms with Gasteiger partial charge in [-0.05, 0) is 38.6 Å². The molecule has 1 aliphatic rings. The summed E-state index contributed by atoms with van der Waals surface area (Å²) in [4.78, 5) is 6.74. The smallest absolute Gasteiger partial charge is 0.209 e. The normalized spacial score (nSPS) is 22.1. The molecule has 0 atom stereocenters. The van der Waals surface area contributed by atoms with E-state index in [9.17, 15) is 5.11 Å². The van der Waals surface area contributed by atoms with Crippen molar-refractivity contribution >= 4 is 0 Å². The fourth-order valence-corrected chi connectivity index (χ4v) is 3.23. The Bertz CT molecular complexity index is 574. The van der Waals surface area contributed by atoms with E-state index in [-0.39, 0.29) is 0 Å². The van der Waals surface area contributed by atoms with Crippen molar-refractivity contribution in [1.29, 1.82) is 0 Å². The van der Waals surface area contributed by atoms with Gasteiger partial charge in [-0.2, -0.15) is 0 Å². The molecule has 3 rings (SSSR count). The van der Waals surface area contributed by atoms with Crippen LogP contribution in [0.4, 0.5) is 0 Å². The van der Waals surface area contributed by atoms with E-state index in [1.54, 1.807) is 6.20 Å². The van der Waals surface area contributed by atoms with Gasteiger partial charge in [0.25, 0.3) is 0 Å². The number of hydrogen-bond donors (Lipinski definition) is 1. The molecule has 0 radical (unpaired) electrons. The minimum atomic E-state index is 0.330. The molecule has 22 heavy (non-hydrogen) atoms. The van der Waals surface area contributed by atoms with Gasteiger partial charge in [-0.15, -0.1) is 0 Å². The number of oxazole rings is 1. The number of rotatable bonds is 5. The number of hydrogen-bond acceptors (Lipinski definition) is 4. The Morgan fingerprint density at radius 3 is 2.59 bits per heavy atom. The van der Waals surface area contributed by atoms with E-state index in [4.69, 9.17) is 4.42 Å². The first-order chi connectivity index (χ1) is 10.8. The molecular weight excluding hydrogens is 276 g/mol. The first-order valence-electron chi connectivity index (χ1n) is 8.07. The third-order valence-electron chi connectivity index (χ3n) is 4.69. The van der Waals surface area contributed by atoms with Gasteiger partial charge in [0.05, 0.1) is 12.7 Å². The summed E-state index contributed by atoms with van der Waals surface area (Å²) in [7, 11) is 2.14. The second-order valence-corrected chi connectivity index (χ2v) is 6.26. The first-order valence-corrected chi connectivity index (χ1v) is 8.07. The van der Waals surface area contributed by atoms with Crippen LogP contribution in [0.1, 0.15) is 31.6 Å². The highest BCUT2D eigenvalue weighted by Crippen LogP contribution is 2.28. The first kappa shape index (κ1) is 15.3. The van der Waals surface area contributed by atoms with E-state index < -0.39 is 0 Å². The van der Waals surface area contributed by atoms with Crippen LogP contribution in [0.2, 0.25) is 0 Å². The zero-order chi connectivity index (χ0) is 15.4. The van der Waals surface area contributed by atoms with E-state index in [2.05, 4.69) is 16.9 Å². The minimum Gasteiger partial charge on any atom is -0.439 e. The minimum absolute atomic E-state index is 0.330. The molecular formula is C18H24N2O2. The van der Waals surface area contributed by atoms with E-state index in [0.717, 1.165) is 49.4 Å². The lowest BCUT2D eigenvalue weighted by atomic mass is 9.86. The molecule has 1 fully saturated rings. The molecule has 118 valence electrons. The fraction of sp³-hybridized carbons (Fsp3) is 0.500.